The van der Waals surface area contributed by atoms with Crippen LogP contribution < -0.4 is 0 Å². The Kier molecular flexibility index (Phi) is 3.87. The highest BCUT2D eigenvalue weighted by Crippen LogP contribution is 2.36. The fourth-order valence-corrected chi connectivity index (χ4v) is 1.22. The van der Waals surface area contributed by atoms with Gasteiger partial charge in [-0.1, -0.05) is 0 Å². The zero-order valence-electron chi connectivity index (χ0n) is 8.92. The van der Waals surface area contributed by atoms with Crippen molar-refractivity contribution in [3.8, 4) is 0 Å². The van der Waals surface area contributed by atoms with E-state index in [1.165, 1.54) is 0 Å². The topological polar surface area (TPSA) is 43.1 Å². The Labute approximate surface area is 102 Å². The van der Waals surface area contributed by atoms with Crippen LogP contribution in [-0.2, 0) is 12.4 Å². The lowest BCUT2D eigenvalue weighted by Crippen LogP contribution is -2.11. The highest BCUT2D eigenvalue weighted by molar-refractivity contribution is 5.52. The molecule has 0 heterocycles. The van der Waals surface area contributed by atoms with Crippen molar-refractivity contribution in [1.29, 1.82) is 0 Å². The number of rotatable bonds is 2. The molecule has 0 bridgehead atoms. The lowest BCUT2D eigenvalue weighted by molar-refractivity contribution is -0.400. The molecule has 0 aromatic heterocycles. The fourth-order valence-electron chi connectivity index (χ4n) is 1.22. The molecule has 0 saturated carbocycles. The Morgan fingerprint density at radius 3 is 1.68 bits per heavy atom. The van der Waals surface area contributed by atoms with Crippen LogP contribution in [0, 0.1) is 10.1 Å². The van der Waals surface area contributed by atoms with Crippen LogP contribution >= 0.6 is 0 Å². The predicted molar refractivity (Wildman–Crippen MR) is 52.5 cm³/mol. The van der Waals surface area contributed by atoms with E-state index < -0.39 is 34.0 Å². The molecule has 0 aliphatic rings. The van der Waals surface area contributed by atoms with Crippen LogP contribution in [0.4, 0.5) is 26.3 Å². The monoisotopic (exact) mass is 285 g/mol. The molecule has 0 N–H and O–H groups in total. The molecule has 0 radical (unpaired) electrons. The minimum Gasteiger partial charge on any atom is -0.259 e. The third-order valence-electron chi connectivity index (χ3n) is 2.00. The van der Waals surface area contributed by atoms with E-state index in [9.17, 15) is 36.5 Å². The number of benzene rings is 1. The van der Waals surface area contributed by atoms with Gasteiger partial charge in [-0.3, -0.25) is 10.1 Å². The molecule has 0 amide bonds. The van der Waals surface area contributed by atoms with Gasteiger partial charge in [-0.25, -0.2) is 0 Å². The first-order valence-electron chi connectivity index (χ1n) is 4.61. The summed E-state index contributed by atoms with van der Waals surface area (Å²) in [6.07, 6.45) is -9.13. The van der Waals surface area contributed by atoms with E-state index in [0.29, 0.717) is 18.2 Å². The average Bonchev–Trinajstić information content (AvgIpc) is 2.23. The molecule has 1 aromatic carbocycles. The van der Waals surface area contributed by atoms with Gasteiger partial charge in [0.1, 0.15) is 0 Å². The molecular formula is C10H5F6NO2. The zero-order chi connectivity index (χ0) is 14.8. The molecule has 104 valence electrons. The van der Waals surface area contributed by atoms with Crippen molar-refractivity contribution >= 4 is 6.08 Å². The lowest BCUT2D eigenvalue weighted by atomic mass is 10.0. The van der Waals surface area contributed by atoms with Crippen molar-refractivity contribution in [2.45, 2.75) is 12.4 Å². The van der Waals surface area contributed by atoms with Gasteiger partial charge >= 0.3 is 12.4 Å². The number of nitro groups is 1. The molecule has 0 fully saturated rings. The summed E-state index contributed by atoms with van der Waals surface area (Å²) in [5.74, 6) is 0. The van der Waals surface area contributed by atoms with E-state index in [-0.39, 0.29) is 12.3 Å². The summed E-state index contributed by atoms with van der Waals surface area (Å²) in [5, 5.41) is 10.0. The van der Waals surface area contributed by atoms with Crippen molar-refractivity contribution in [2.75, 3.05) is 0 Å². The first-order chi connectivity index (χ1) is 8.50. The largest absolute Gasteiger partial charge is 0.416 e. The van der Waals surface area contributed by atoms with Crippen LogP contribution in [-0.4, -0.2) is 4.92 Å². The van der Waals surface area contributed by atoms with Crippen molar-refractivity contribution in [2.24, 2.45) is 0 Å². The van der Waals surface area contributed by atoms with Gasteiger partial charge in [0.05, 0.1) is 16.1 Å². The van der Waals surface area contributed by atoms with Gasteiger partial charge in [-0.05, 0) is 23.8 Å². The molecular weight excluding hydrogens is 280 g/mol. The molecule has 19 heavy (non-hydrogen) atoms. The first-order valence-corrected chi connectivity index (χ1v) is 4.61. The maximum atomic E-state index is 12.4. The normalized spacial score (nSPS) is 12.9. The molecule has 0 aliphatic heterocycles. The summed E-state index contributed by atoms with van der Waals surface area (Å²) < 4.78 is 74.5. The van der Waals surface area contributed by atoms with Gasteiger partial charge in [0.15, 0.2) is 0 Å². The molecule has 9 heteroatoms. The van der Waals surface area contributed by atoms with Crippen LogP contribution in [0.3, 0.4) is 0 Å². The van der Waals surface area contributed by atoms with Crippen molar-refractivity contribution in [1.82, 2.24) is 0 Å². The average molecular weight is 285 g/mol. The highest BCUT2D eigenvalue weighted by Gasteiger charge is 2.36. The van der Waals surface area contributed by atoms with E-state index in [1.54, 1.807) is 0 Å². The molecule has 0 aliphatic carbocycles. The van der Waals surface area contributed by atoms with Gasteiger partial charge in [-0.2, -0.15) is 26.3 Å². The van der Waals surface area contributed by atoms with Gasteiger partial charge < -0.3 is 0 Å². The fraction of sp³-hybridized carbons (Fsp3) is 0.200. The predicted octanol–water partition coefficient (Wildman–Crippen LogP) is 3.97. The van der Waals surface area contributed by atoms with E-state index in [4.69, 9.17) is 0 Å². The molecule has 0 unspecified atom stereocenters. The lowest BCUT2D eigenvalue weighted by Gasteiger charge is -2.12. The highest BCUT2D eigenvalue weighted by atomic mass is 19.4. The van der Waals surface area contributed by atoms with Gasteiger partial charge in [0.25, 0.3) is 0 Å². The van der Waals surface area contributed by atoms with E-state index in [1.807, 2.05) is 0 Å². The molecule has 0 saturated heterocycles. The van der Waals surface area contributed by atoms with Crippen LogP contribution in [0.15, 0.2) is 24.4 Å². The van der Waals surface area contributed by atoms with Crippen LogP contribution in [0.5, 0.6) is 0 Å². The maximum absolute atomic E-state index is 12.4. The number of halogens is 6. The summed E-state index contributed by atoms with van der Waals surface area (Å²) in [7, 11) is 0. The Hall–Kier alpha value is -2.06. The summed E-state index contributed by atoms with van der Waals surface area (Å²) in [4.78, 5) is 9.02. The minimum atomic E-state index is -4.97. The van der Waals surface area contributed by atoms with Crippen molar-refractivity contribution < 1.29 is 31.3 Å². The summed E-state index contributed by atoms with van der Waals surface area (Å²) in [6, 6.07) is 0.744. The Balaban J connectivity index is 3.37. The second kappa shape index (κ2) is 4.90. The number of hydrogen-bond donors (Lipinski definition) is 0. The first kappa shape index (κ1) is 15.0. The Bertz CT molecular complexity index is 485. The molecule has 0 atom stereocenters. The number of hydrogen-bond acceptors (Lipinski definition) is 2. The molecule has 1 rings (SSSR count). The van der Waals surface area contributed by atoms with Crippen LogP contribution in [0.2, 0.25) is 0 Å². The smallest absolute Gasteiger partial charge is 0.259 e. The van der Waals surface area contributed by atoms with Crippen LogP contribution in [0.1, 0.15) is 16.7 Å². The maximum Gasteiger partial charge on any atom is 0.416 e. The number of alkyl halides is 6. The van der Waals surface area contributed by atoms with E-state index in [2.05, 4.69) is 0 Å². The third kappa shape index (κ3) is 4.27. The SMILES string of the molecule is O=[N+]([O-])/C=C/c1cc(C(F)(F)F)cc(C(F)(F)F)c1. The molecule has 1 aromatic rings. The van der Waals surface area contributed by atoms with Gasteiger partial charge in [0.2, 0.25) is 6.20 Å². The van der Waals surface area contributed by atoms with E-state index in [0.717, 1.165) is 0 Å². The van der Waals surface area contributed by atoms with Gasteiger partial charge in [0, 0.05) is 6.08 Å². The second-order valence-corrected chi connectivity index (χ2v) is 3.44. The van der Waals surface area contributed by atoms with Crippen molar-refractivity contribution in [3.05, 3.63) is 51.2 Å². The van der Waals surface area contributed by atoms with Crippen LogP contribution in [0.25, 0.3) is 6.08 Å². The minimum absolute atomic E-state index is 0.0521. The summed E-state index contributed by atoms with van der Waals surface area (Å²) in [6.45, 7) is 0. The quantitative estimate of drug-likeness (QED) is 0.468. The Morgan fingerprint density at radius 2 is 1.37 bits per heavy atom. The summed E-state index contributed by atoms with van der Waals surface area (Å²) in [5.41, 5.74) is -3.60. The Morgan fingerprint density at radius 1 is 0.947 bits per heavy atom. The van der Waals surface area contributed by atoms with E-state index >= 15 is 0 Å². The summed E-state index contributed by atoms with van der Waals surface area (Å²) >= 11 is 0. The molecule has 3 nitrogen and oxygen atoms in total. The zero-order valence-corrected chi connectivity index (χ0v) is 8.92. The third-order valence-corrected chi connectivity index (χ3v) is 2.00. The molecule has 0 spiro atoms. The standard InChI is InChI=1S/C10H5F6NO2/c11-9(12,13)7-3-6(1-2-17(18)19)4-8(5-7)10(14,15)16/h1-5H/b2-1+. The second-order valence-electron chi connectivity index (χ2n) is 3.44. The van der Waals surface area contributed by atoms with Crippen molar-refractivity contribution in [3.63, 3.8) is 0 Å². The van der Waals surface area contributed by atoms with Gasteiger partial charge in [-0.15, -0.1) is 0 Å². The number of nitrogens with zero attached hydrogens (tertiary/aromatic N) is 1.